The molecule has 1 aromatic rings. The van der Waals surface area contributed by atoms with Crippen LogP contribution in [0.1, 0.15) is 19.8 Å². The maximum atomic E-state index is 9.46. The van der Waals surface area contributed by atoms with E-state index in [4.69, 9.17) is 4.74 Å². The van der Waals surface area contributed by atoms with Crippen molar-refractivity contribution >= 4 is 5.69 Å². The van der Waals surface area contributed by atoms with E-state index >= 15 is 0 Å². The van der Waals surface area contributed by atoms with Gasteiger partial charge in [0.25, 0.3) is 0 Å². The van der Waals surface area contributed by atoms with E-state index in [9.17, 15) is 5.11 Å². The number of nitrogens with zero attached hydrogens (tertiary/aromatic N) is 1. The molecule has 0 bridgehead atoms. The molecule has 0 aromatic heterocycles. The van der Waals surface area contributed by atoms with Crippen LogP contribution in [0.5, 0.6) is 5.75 Å². The van der Waals surface area contributed by atoms with Crippen LogP contribution in [-0.2, 0) is 4.74 Å². The Balaban J connectivity index is 2.03. The van der Waals surface area contributed by atoms with E-state index in [0.717, 1.165) is 31.8 Å². The number of anilines is 1. The molecule has 0 amide bonds. The van der Waals surface area contributed by atoms with Gasteiger partial charge in [-0.05, 0) is 31.9 Å². The molecule has 1 atom stereocenters. The molecule has 1 fully saturated rings. The van der Waals surface area contributed by atoms with Crippen molar-refractivity contribution in [2.45, 2.75) is 25.9 Å². The van der Waals surface area contributed by atoms with Crippen LogP contribution < -0.4 is 4.90 Å². The van der Waals surface area contributed by atoms with Gasteiger partial charge < -0.3 is 14.7 Å². The molecule has 0 saturated carbocycles. The molecular formula is C13H19NO2. The second-order valence-corrected chi connectivity index (χ2v) is 4.19. The lowest BCUT2D eigenvalue weighted by molar-refractivity contribution is 0.115. The number of phenols is 1. The highest BCUT2D eigenvalue weighted by Gasteiger charge is 2.18. The summed E-state index contributed by atoms with van der Waals surface area (Å²) >= 11 is 0. The second kappa shape index (κ2) is 5.21. The summed E-state index contributed by atoms with van der Waals surface area (Å²) in [6.07, 6.45) is 2.67. The van der Waals surface area contributed by atoms with E-state index in [-0.39, 0.29) is 0 Å². The number of ether oxygens (including phenoxy) is 1. The van der Waals surface area contributed by atoms with Crippen LogP contribution in [0.15, 0.2) is 24.3 Å². The Morgan fingerprint density at radius 2 is 2.38 bits per heavy atom. The maximum Gasteiger partial charge on any atom is 0.117 e. The molecule has 1 aliphatic rings. The van der Waals surface area contributed by atoms with Crippen LogP contribution in [0.4, 0.5) is 5.69 Å². The van der Waals surface area contributed by atoms with Gasteiger partial charge in [0.15, 0.2) is 0 Å². The van der Waals surface area contributed by atoms with E-state index in [0.29, 0.717) is 11.9 Å². The van der Waals surface area contributed by atoms with Crippen molar-refractivity contribution < 1.29 is 9.84 Å². The van der Waals surface area contributed by atoms with Crippen molar-refractivity contribution in [1.82, 2.24) is 0 Å². The van der Waals surface area contributed by atoms with Crippen molar-refractivity contribution in [3.63, 3.8) is 0 Å². The topological polar surface area (TPSA) is 32.7 Å². The van der Waals surface area contributed by atoms with Gasteiger partial charge in [0.05, 0.1) is 6.10 Å². The normalized spacial score (nSPS) is 19.9. The summed E-state index contributed by atoms with van der Waals surface area (Å²) in [6.45, 7) is 4.87. The quantitative estimate of drug-likeness (QED) is 0.847. The highest BCUT2D eigenvalue weighted by Crippen LogP contribution is 2.22. The average molecular weight is 221 g/mol. The number of phenolic OH excluding ortho intramolecular Hbond substituents is 1. The van der Waals surface area contributed by atoms with Gasteiger partial charge in [-0.15, -0.1) is 0 Å². The number of aromatic hydroxyl groups is 1. The van der Waals surface area contributed by atoms with Crippen molar-refractivity contribution in [2.75, 3.05) is 24.6 Å². The minimum atomic E-state index is 0.322. The third-order valence-electron chi connectivity index (χ3n) is 3.02. The summed E-state index contributed by atoms with van der Waals surface area (Å²) in [7, 11) is 0. The third kappa shape index (κ3) is 2.67. The molecule has 1 saturated heterocycles. The number of likely N-dealkylation sites (N-methyl/N-ethyl adjacent to an activating group) is 1. The predicted octanol–water partition coefficient (Wildman–Crippen LogP) is 2.40. The number of hydrogen-bond acceptors (Lipinski definition) is 3. The molecule has 0 spiro atoms. The number of hydrogen-bond donors (Lipinski definition) is 1. The predicted molar refractivity (Wildman–Crippen MR) is 65.0 cm³/mol. The fraction of sp³-hybridized carbons (Fsp3) is 0.538. The molecule has 1 aliphatic heterocycles. The van der Waals surface area contributed by atoms with Crippen LogP contribution in [0.3, 0.4) is 0 Å². The van der Waals surface area contributed by atoms with Crippen LogP contribution in [0.2, 0.25) is 0 Å². The Hall–Kier alpha value is -1.22. The smallest absolute Gasteiger partial charge is 0.117 e. The first-order valence-electron chi connectivity index (χ1n) is 5.95. The van der Waals surface area contributed by atoms with Gasteiger partial charge >= 0.3 is 0 Å². The highest BCUT2D eigenvalue weighted by atomic mass is 16.5. The molecule has 16 heavy (non-hydrogen) atoms. The lowest BCUT2D eigenvalue weighted by Crippen LogP contribution is -2.31. The Morgan fingerprint density at radius 3 is 3.00 bits per heavy atom. The summed E-state index contributed by atoms with van der Waals surface area (Å²) in [6, 6.07) is 7.41. The Morgan fingerprint density at radius 1 is 1.50 bits per heavy atom. The number of rotatable bonds is 4. The fourth-order valence-electron chi connectivity index (χ4n) is 2.14. The van der Waals surface area contributed by atoms with Gasteiger partial charge in [0.1, 0.15) is 5.75 Å². The summed E-state index contributed by atoms with van der Waals surface area (Å²) < 4.78 is 5.63. The molecule has 3 nitrogen and oxygen atoms in total. The Labute approximate surface area is 96.6 Å². The van der Waals surface area contributed by atoms with Gasteiger partial charge in [-0.3, -0.25) is 0 Å². The lowest BCUT2D eigenvalue weighted by Gasteiger charge is -2.26. The SMILES string of the molecule is CCN(CC1CCCO1)c1cccc(O)c1. The first-order chi connectivity index (χ1) is 7.79. The average Bonchev–Trinajstić information content (AvgIpc) is 2.78. The summed E-state index contributed by atoms with van der Waals surface area (Å²) in [5, 5.41) is 9.46. The maximum absolute atomic E-state index is 9.46. The molecule has 1 N–H and O–H groups in total. The van der Waals surface area contributed by atoms with Crippen molar-refractivity contribution in [3.8, 4) is 5.75 Å². The van der Waals surface area contributed by atoms with E-state index in [2.05, 4.69) is 11.8 Å². The van der Waals surface area contributed by atoms with Gasteiger partial charge in [0.2, 0.25) is 0 Å². The Kier molecular flexibility index (Phi) is 3.67. The van der Waals surface area contributed by atoms with Gasteiger partial charge in [-0.2, -0.15) is 0 Å². The molecule has 0 aliphatic carbocycles. The summed E-state index contributed by atoms with van der Waals surface area (Å²) in [4.78, 5) is 2.25. The monoisotopic (exact) mass is 221 g/mol. The first kappa shape index (κ1) is 11.3. The second-order valence-electron chi connectivity index (χ2n) is 4.19. The highest BCUT2D eigenvalue weighted by molar-refractivity contribution is 5.50. The molecule has 1 heterocycles. The zero-order valence-electron chi connectivity index (χ0n) is 9.72. The molecule has 2 rings (SSSR count). The summed E-state index contributed by atoms with van der Waals surface area (Å²) in [5.41, 5.74) is 1.07. The van der Waals surface area contributed by atoms with E-state index < -0.39 is 0 Å². The third-order valence-corrected chi connectivity index (χ3v) is 3.02. The molecular weight excluding hydrogens is 202 g/mol. The van der Waals surface area contributed by atoms with Crippen LogP contribution in [-0.4, -0.2) is 30.9 Å². The van der Waals surface area contributed by atoms with Crippen molar-refractivity contribution in [3.05, 3.63) is 24.3 Å². The van der Waals surface area contributed by atoms with Crippen LogP contribution in [0.25, 0.3) is 0 Å². The van der Waals surface area contributed by atoms with Gasteiger partial charge in [-0.1, -0.05) is 6.07 Å². The minimum absolute atomic E-state index is 0.322. The Bertz CT molecular complexity index is 334. The minimum Gasteiger partial charge on any atom is -0.508 e. The lowest BCUT2D eigenvalue weighted by atomic mass is 10.2. The standard InChI is InChI=1S/C13H19NO2/c1-2-14(10-13-7-4-8-16-13)11-5-3-6-12(15)9-11/h3,5-6,9,13,15H,2,4,7-8,10H2,1H3. The van der Waals surface area contributed by atoms with Crippen LogP contribution >= 0.6 is 0 Å². The first-order valence-corrected chi connectivity index (χ1v) is 5.95. The van der Waals surface area contributed by atoms with Gasteiger partial charge in [-0.25, -0.2) is 0 Å². The number of benzene rings is 1. The van der Waals surface area contributed by atoms with Crippen LogP contribution in [0, 0.1) is 0 Å². The molecule has 1 aromatic carbocycles. The molecule has 1 unspecified atom stereocenters. The molecule has 3 heteroatoms. The van der Waals surface area contributed by atoms with E-state index in [1.807, 2.05) is 12.1 Å². The zero-order valence-corrected chi connectivity index (χ0v) is 9.72. The van der Waals surface area contributed by atoms with Crippen molar-refractivity contribution in [2.24, 2.45) is 0 Å². The zero-order chi connectivity index (χ0) is 11.4. The summed E-state index contributed by atoms with van der Waals surface area (Å²) in [5.74, 6) is 0.322. The molecule has 88 valence electrons. The van der Waals surface area contributed by atoms with Crippen molar-refractivity contribution in [1.29, 1.82) is 0 Å². The largest absolute Gasteiger partial charge is 0.508 e. The fourth-order valence-corrected chi connectivity index (χ4v) is 2.14. The van der Waals surface area contributed by atoms with Gasteiger partial charge in [0, 0.05) is 31.5 Å². The van der Waals surface area contributed by atoms with E-state index in [1.54, 1.807) is 12.1 Å². The van der Waals surface area contributed by atoms with E-state index in [1.165, 1.54) is 6.42 Å². The molecule has 0 radical (unpaired) electrons.